The summed E-state index contributed by atoms with van der Waals surface area (Å²) in [6.07, 6.45) is 1.64. The lowest BCUT2D eigenvalue weighted by atomic mass is 10.0. The Balaban J connectivity index is 2.20. The second kappa shape index (κ2) is 9.55. The quantitative estimate of drug-likeness (QED) is 0.297. The van der Waals surface area contributed by atoms with E-state index in [0.717, 1.165) is 17.7 Å². The number of nitrogens with one attached hydrogen (secondary N) is 1. The first-order valence-electron chi connectivity index (χ1n) is 8.94. The molecular weight excluding hydrogens is 366 g/mol. The van der Waals surface area contributed by atoms with E-state index in [-0.39, 0.29) is 11.2 Å². The smallest absolute Gasteiger partial charge is 0.270 e. The summed E-state index contributed by atoms with van der Waals surface area (Å²) in [4.78, 5) is 30.3. The van der Waals surface area contributed by atoms with E-state index in [1.54, 1.807) is 6.07 Å². The number of aryl methyl sites for hydroxylation is 1. The topological polar surface area (TPSA) is 98.1 Å². The van der Waals surface area contributed by atoms with Gasteiger partial charge < -0.3 is 9.72 Å². The number of rotatable bonds is 9. The van der Waals surface area contributed by atoms with Crippen molar-refractivity contribution < 1.29 is 9.66 Å². The van der Waals surface area contributed by atoms with Crippen molar-refractivity contribution in [2.75, 3.05) is 6.61 Å². The van der Waals surface area contributed by atoms with Crippen LogP contribution in [0, 0.1) is 23.0 Å². The largest absolute Gasteiger partial charge is 0.494 e. The van der Waals surface area contributed by atoms with Crippen molar-refractivity contribution in [3.05, 3.63) is 55.5 Å². The van der Waals surface area contributed by atoms with Crippen molar-refractivity contribution in [2.45, 2.75) is 51.4 Å². The zero-order valence-corrected chi connectivity index (χ0v) is 16.9. The number of aromatic amines is 1. The molecule has 0 spiro atoms. The number of hydrogen-bond donors (Lipinski definition) is 1. The van der Waals surface area contributed by atoms with Crippen LogP contribution in [0.5, 0.6) is 5.75 Å². The zero-order valence-electron chi connectivity index (χ0n) is 16.1. The van der Waals surface area contributed by atoms with Crippen LogP contribution >= 0.6 is 11.8 Å². The first kappa shape index (κ1) is 21.0. The van der Waals surface area contributed by atoms with Gasteiger partial charge in [0.25, 0.3) is 11.2 Å². The number of aromatic nitrogens is 2. The number of ether oxygens (including phenoxy) is 1. The summed E-state index contributed by atoms with van der Waals surface area (Å²) >= 11 is 1.33. The van der Waals surface area contributed by atoms with Gasteiger partial charge in [0.2, 0.25) is 0 Å². The third-order valence-electron chi connectivity index (χ3n) is 4.09. The van der Waals surface area contributed by atoms with E-state index < -0.39 is 4.92 Å². The third-order valence-corrected chi connectivity index (χ3v) is 5.01. The van der Waals surface area contributed by atoms with E-state index in [2.05, 4.69) is 23.8 Å². The lowest BCUT2D eigenvalue weighted by Gasteiger charge is -2.11. The highest BCUT2D eigenvalue weighted by atomic mass is 32.2. The highest BCUT2D eigenvalue weighted by molar-refractivity contribution is 7.98. The van der Waals surface area contributed by atoms with Crippen molar-refractivity contribution in [3.63, 3.8) is 0 Å². The van der Waals surface area contributed by atoms with Gasteiger partial charge in [0.1, 0.15) is 5.75 Å². The molecule has 0 aliphatic heterocycles. The van der Waals surface area contributed by atoms with Gasteiger partial charge in [-0.05, 0) is 38.7 Å². The molecule has 0 saturated carbocycles. The summed E-state index contributed by atoms with van der Waals surface area (Å²) in [5.41, 5.74) is 2.04. The van der Waals surface area contributed by atoms with E-state index in [4.69, 9.17) is 4.74 Å². The summed E-state index contributed by atoms with van der Waals surface area (Å²) in [5, 5.41) is 11.5. The van der Waals surface area contributed by atoms with Crippen LogP contribution in [-0.4, -0.2) is 21.5 Å². The molecule has 27 heavy (non-hydrogen) atoms. The van der Waals surface area contributed by atoms with Crippen LogP contribution in [0.1, 0.15) is 44.0 Å². The van der Waals surface area contributed by atoms with Gasteiger partial charge in [0.05, 0.1) is 11.5 Å². The predicted octanol–water partition coefficient (Wildman–Crippen LogP) is 4.27. The monoisotopic (exact) mass is 391 g/mol. The number of nitro benzene ring substituents is 1. The summed E-state index contributed by atoms with van der Waals surface area (Å²) in [6.45, 7) is 8.41. The van der Waals surface area contributed by atoms with E-state index >= 15 is 0 Å². The molecule has 0 atom stereocenters. The second-order valence-corrected chi connectivity index (χ2v) is 7.60. The maximum absolute atomic E-state index is 12.4. The molecule has 0 unspecified atom stereocenters. The Labute approximate surface area is 162 Å². The molecule has 0 radical (unpaired) electrons. The summed E-state index contributed by atoms with van der Waals surface area (Å²) in [5.74, 6) is 1.53. The minimum Gasteiger partial charge on any atom is -0.494 e. The zero-order chi connectivity index (χ0) is 20.0. The standard InChI is InChI=1S/C19H25N3O4S/c1-5-26-17-9-7-15(22(24)25)10-14(17)11-27-19-20-13(4)16(18(23)21-19)8-6-12(2)3/h7,9-10,12H,5-6,8,11H2,1-4H3,(H,20,21,23). The summed E-state index contributed by atoms with van der Waals surface area (Å²) in [6, 6.07) is 4.53. The van der Waals surface area contributed by atoms with Gasteiger partial charge in [-0.3, -0.25) is 14.9 Å². The fourth-order valence-electron chi connectivity index (χ4n) is 2.62. The molecule has 1 heterocycles. The normalized spacial score (nSPS) is 11.0. The number of nitro groups is 1. The average molecular weight is 391 g/mol. The Morgan fingerprint density at radius 2 is 2.11 bits per heavy atom. The Bertz CT molecular complexity index is 865. The minimum atomic E-state index is -0.433. The highest BCUT2D eigenvalue weighted by Crippen LogP contribution is 2.29. The van der Waals surface area contributed by atoms with Crippen LogP contribution in [0.3, 0.4) is 0 Å². The molecule has 0 aliphatic rings. The highest BCUT2D eigenvalue weighted by Gasteiger charge is 2.14. The average Bonchev–Trinajstić information content (AvgIpc) is 2.60. The molecule has 1 aromatic carbocycles. The number of nitrogens with zero attached hydrogens (tertiary/aromatic N) is 2. The molecule has 2 rings (SSSR count). The van der Waals surface area contributed by atoms with Crippen LogP contribution in [0.2, 0.25) is 0 Å². The second-order valence-electron chi connectivity index (χ2n) is 6.64. The molecule has 2 aromatic rings. The van der Waals surface area contributed by atoms with Crippen LogP contribution in [-0.2, 0) is 12.2 Å². The maximum Gasteiger partial charge on any atom is 0.270 e. The first-order chi connectivity index (χ1) is 12.8. The fourth-order valence-corrected chi connectivity index (χ4v) is 3.50. The van der Waals surface area contributed by atoms with Gasteiger partial charge in [-0.1, -0.05) is 25.6 Å². The Morgan fingerprint density at radius 3 is 2.70 bits per heavy atom. The number of H-pyrrole nitrogens is 1. The van der Waals surface area contributed by atoms with Gasteiger partial charge in [-0.15, -0.1) is 0 Å². The molecule has 0 amide bonds. The molecule has 146 valence electrons. The summed E-state index contributed by atoms with van der Waals surface area (Å²) in [7, 11) is 0. The van der Waals surface area contributed by atoms with Crippen molar-refractivity contribution >= 4 is 17.4 Å². The lowest BCUT2D eigenvalue weighted by Crippen LogP contribution is -2.18. The van der Waals surface area contributed by atoms with Gasteiger partial charge >= 0.3 is 0 Å². The Morgan fingerprint density at radius 1 is 1.37 bits per heavy atom. The molecule has 0 aliphatic carbocycles. The van der Waals surface area contributed by atoms with E-state index in [9.17, 15) is 14.9 Å². The third kappa shape index (κ3) is 5.82. The molecule has 7 nitrogen and oxygen atoms in total. The van der Waals surface area contributed by atoms with Crippen LogP contribution in [0.15, 0.2) is 28.2 Å². The van der Waals surface area contributed by atoms with Gasteiger partial charge in [-0.2, -0.15) is 0 Å². The van der Waals surface area contributed by atoms with Crippen molar-refractivity contribution in [1.29, 1.82) is 0 Å². The first-order valence-corrected chi connectivity index (χ1v) is 9.93. The van der Waals surface area contributed by atoms with Gasteiger partial charge in [-0.25, -0.2) is 4.98 Å². The van der Waals surface area contributed by atoms with Crippen LogP contribution in [0.4, 0.5) is 5.69 Å². The lowest BCUT2D eigenvalue weighted by molar-refractivity contribution is -0.384. The fraction of sp³-hybridized carbons (Fsp3) is 0.474. The summed E-state index contributed by atoms with van der Waals surface area (Å²) < 4.78 is 5.55. The number of non-ortho nitro benzene ring substituents is 1. The molecular formula is C19H25N3O4S. The van der Waals surface area contributed by atoms with E-state index in [0.29, 0.717) is 41.2 Å². The Hall–Kier alpha value is -2.35. The predicted molar refractivity (Wildman–Crippen MR) is 107 cm³/mol. The molecule has 1 aromatic heterocycles. The molecule has 0 fully saturated rings. The van der Waals surface area contributed by atoms with Crippen molar-refractivity contribution in [1.82, 2.24) is 9.97 Å². The van der Waals surface area contributed by atoms with Crippen LogP contribution in [0.25, 0.3) is 0 Å². The number of benzene rings is 1. The van der Waals surface area contributed by atoms with Gasteiger partial charge in [0, 0.05) is 34.7 Å². The Kier molecular flexibility index (Phi) is 7.41. The maximum atomic E-state index is 12.4. The van der Waals surface area contributed by atoms with E-state index in [1.807, 2.05) is 13.8 Å². The SMILES string of the molecule is CCOc1ccc([N+](=O)[O-])cc1CSc1nc(C)c(CCC(C)C)c(=O)[nH]1. The molecule has 8 heteroatoms. The molecule has 0 bridgehead atoms. The van der Waals surface area contributed by atoms with Gasteiger partial charge in [0.15, 0.2) is 5.16 Å². The van der Waals surface area contributed by atoms with E-state index in [1.165, 1.54) is 23.9 Å². The molecule has 0 saturated heterocycles. The van der Waals surface area contributed by atoms with Crippen molar-refractivity contribution in [2.24, 2.45) is 5.92 Å². The number of hydrogen-bond acceptors (Lipinski definition) is 6. The van der Waals surface area contributed by atoms with Crippen LogP contribution < -0.4 is 10.3 Å². The molecule has 1 N–H and O–H groups in total. The number of thioether (sulfide) groups is 1. The van der Waals surface area contributed by atoms with Crippen molar-refractivity contribution in [3.8, 4) is 5.75 Å². The minimum absolute atomic E-state index is 0.00993.